The summed E-state index contributed by atoms with van der Waals surface area (Å²) in [5.41, 5.74) is 2.25. The molecule has 2 N–H and O–H groups in total. The summed E-state index contributed by atoms with van der Waals surface area (Å²) >= 11 is 3.47. The van der Waals surface area contributed by atoms with E-state index >= 15 is 0 Å². The van der Waals surface area contributed by atoms with Gasteiger partial charge in [0.15, 0.2) is 5.79 Å². The fourth-order valence-electron chi connectivity index (χ4n) is 2.67. The molecule has 0 saturated carbocycles. The summed E-state index contributed by atoms with van der Waals surface area (Å²) in [7, 11) is 1.64. The predicted octanol–water partition coefficient (Wildman–Crippen LogP) is 4.08. The lowest BCUT2D eigenvalue weighted by Gasteiger charge is -2.31. The second-order valence-electron chi connectivity index (χ2n) is 6.74. The molecular formula is C21H28BrNO3. The lowest BCUT2D eigenvalue weighted by molar-refractivity contribution is -0.224. The number of methoxy groups -OCH3 is 1. The van der Waals surface area contributed by atoms with Crippen molar-refractivity contribution in [1.82, 2.24) is 5.32 Å². The number of rotatable bonds is 10. The second-order valence-corrected chi connectivity index (χ2v) is 7.66. The molecule has 0 radical (unpaired) electrons. The van der Waals surface area contributed by atoms with E-state index in [9.17, 15) is 5.11 Å². The fraction of sp³-hybridized carbons (Fsp3) is 0.429. The molecule has 0 aromatic heterocycles. The molecule has 142 valence electrons. The number of hydrogen-bond donors (Lipinski definition) is 2. The summed E-state index contributed by atoms with van der Waals surface area (Å²) in [5, 5.41) is 13.2. The Morgan fingerprint density at radius 1 is 1.08 bits per heavy atom. The van der Waals surface area contributed by atoms with Crippen molar-refractivity contribution in [2.75, 3.05) is 20.3 Å². The van der Waals surface area contributed by atoms with E-state index in [2.05, 4.69) is 33.4 Å². The van der Waals surface area contributed by atoms with E-state index in [4.69, 9.17) is 9.47 Å². The molecule has 2 aromatic carbocycles. The van der Waals surface area contributed by atoms with Crippen LogP contribution in [0.15, 0.2) is 59.1 Å². The zero-order valence-electron chi connectivity index (χ0n) is 15.6. The SMILES string of the molecule is COC(C)(C)O[C@H](CN[C@H](CO)Cc1ccccc1)c1ccc(Br)cc1. The summed E-state index contributed by atoms with van der Waals surface area (Å²) in [5.74, 6) is -0.701. The highest BCUT2D eigenvalue weighted by molar-refractivity contribution is 9.10. The zero-order valence-corrected chi connectivity index (χ0v) is 17.2. The van der Waals surface area contributed by atoms with Crippen LogP contribution in [-0.4, -0.2) is 37.2 Å². The molecule has 0 saturated heterocycles. The van der Waals surface area contributed by atoms with Gasteiger partial charge >= 0.3 is 0 Å². The number of nitrogens with one attached hydrogen (secondary N) is 1. The van der Waals surface area contributed by atoms with Gasteiger partial charge in [-0.2, -0.15) is 0 Å². The van der Waals surface area contributed by atoms with E-state index in [1.165, 1.54) is 5.56 Å². The molecule has 0 aliphatic rings. The van der Waals surface area contributed by atoms with Gasteiger partial charge in [-0.25, -0.2) is 0 Å². The molecule has 2 aromatic rings. The summed E-state index contributed by atoms with van der Waals surface area (Å²) in [6.07, 6.45) is 0.570. The molecule has 0 amide bonds. The maximum atomic E-state index is 9.75. The normalized spacial score (nSPS) is 14.2. The van der Waals surface area contributed by atoms with Gasteiger partial charge in [-0.3, -0.25) is 0 Å². The fourth-order valence-corrected chi connectivity index (χ4v) is 2.93. The molecule has 0 aliphatic carbocycles. The average Bonchev–Trinajstić information content (AvgIpc) is 2.65. The number of hydrogen-bond acceptors (Lipinski definition) is 4. The van der Waals surface area contributed by atoms with E-state index in [1.54, 1.807) is 7.11 Å². The van der Waals surface area contributed by atoms with Gasteiger partial charge in [0.25, 0.3) is 0 Å². The Balaban J connectivity index is 2.06. The highest BCUT2D eigenvalue weighted by atomic mass is 79.9. The first kappa shape index (κ1) is 21.1. The van der Waals surface area contributed by atoms with Gasteiger partial charge in [0.1, 0.15) is 0 Å². The third kappa shape index (κ3) is 6.82. The van der Waals surface area contributed by atoms with Gasteiger partial charge in [-0.05, 0) is 43.5 Å². The Labute approximate surface area is 164 Å². The molecule has 26 heavy (non-hydrogen) atoms. The van der Waals surface area contributed by atoms with Crippen LogP contribution in [0.1, 0.15) is 31.1 Å². The highest BCUT2D eigenvalue weighted by Gasteiger charge is 2.25. The van der Waals surface area contributed by atoms with Crippen LogP contribution in [-0.2, 0) is 15.9 Å². The van der Waals surface area contributed by atoms with Gasteiger partial charge in [-0.15, -0.1) is 0 Å². The molecule has 0 aliphatic heterocycles. The van der Waals surface area contributed by atoms with Crippen LogP contribution in [0, 0.1) is 0 Å². The molecular weight excluding hydrogens is 394 g/mol. The number of aliphatic hydroxyl groups is 1. The summed E-state index contributed by atoms with van der Waals surface area (Å²) in [4.78, 5) is 0. The van der Waals surface area contributed by atoms with Gasteiger partial charge < -0.3 is 19.9 Å². The maximum Gasteiger partial charge on any atom is 0.163 e. The van der Waals surface area contributed by atoms with E-state index in [-0.39, 0.29) is 18.8 Å². The maximum absolute atomic E-state index is 9.75. The van der Waals surface area contributed by atoms with Crippen molar-refractivity contribution < 1.29 is 14.6 Å². The average molecular weight is 422 g/mol. The van der Waals surface area contributed by atoms with Crippen molar-refractivity contribution in [3.05, 3.63) is 70.2 Å². The molecule has 0 unspecified atom stereocenters. The molecule has 2 atom stereocenters. The first-order valence-electron chi connectivity index (χ1n) is 8.80. The lowest BCUT2D eigenvalue weighted by atomic mass is 10.1. The number of aliphatic hydroxyl groups excluding tert-OH is 1. The van der Waals surface area contributed by atoms with Gasteiger partial charge in [-0.1, -0.05) is 58.4 Å². The quantitative estimate of drug-likeness (QED) is 0.567. The van der Waals surface area contributed by atoms with Crippen molar-refractivity contribution in [3.8, 4) is 0 Å². The van der Waals surface area contributed by atoms with Crippen molar-refractivity contribution in [3.63, 3.8) is 0 Å². The predicted molar refractivity (Wildman–Crippen MR) is 108 cm³/mol. The molecule has 0 spiro atoms. The minimum atomic E-state index is -0.701. The van der Waals surface area contributed by atoms with Crippen molar-refractivity contribution >= 4 is 15.9 Å². The lowest BCUT2D eigenvalue weighted by Crippen LogP contribution is -2.40. The standard InChI is InChI=1S/C21H28BrNO3/c1-21(2,25-3)26-20(17-9-11-18(22)12-10-17)14-23-19(15-24)13-16-7-5-4-6-8-16/h4-12,19-20,23-24H,13-15H2,1-3H3/t19-,20+/m0/s1. The van der Waals surface area contributed by atoms with Crippen molar-refractivity contribution in [1.29, 1.82) is 0 Å². The van der Waals surface area contributed by atoms with Crippen LogP contribution in [0.5, 0.6) is 0 Å². The summed E-state index contributed by atoms with van der Waals surface area (Å²) < 4.78 is 12.6. The Kier molecular flexibility index (Phi) is 8.25. The minimum absolute atomic E-state index is 0.0374. The highest BCUT2D eigenvalue weighted by Crippen LogP contribution is 2.25. The number of ether oxygens (including phenoxy) is 2. The van der Waals surface area contributed by atoms with Crippen molar-refractivity contribution in [2.24, 2.45) is 0 Å². The Bertz CT molecular complexity index is 646. The van der Waals surface area contributed by atoms with Gasteiger partial charge in [0.05, 0.1) is 12.7 Å². The van der Waals surface area contributed by atoms with E-state index in [0.717, 1.165) is 16.5 Å². The zero-order chi connectivity index (χ0) is 19.0. The van der Waals surface area contributed by atoms with E-state index < -0.39 is 5.79 Å². The number of benzene rings is 2. The number of halogens is 1. The largest absolute Gasteiger partial charge is 0.395 e. The topological polar surface area (TPSA) is 50.7 Å². The Morgan fingerprint density at radius 3 is 2.31 bits per heavy atom. The van der Waals surface area contributed by atoms with Crippen LogP contribution in [0.3, 0.4) is 0 Å². The molecule has 4 nitrogen and oxygen atoms in total. The monoisotopic (exact) mass is 421 g/mol. The van der Waals surface area contributed by atoms with Crippen LogP contribution in [0.4, 0.5) is 0 Å². The van der Waals surface area contributed by atoms with Crippen LogP contribution >= 0.6 is 15.9 Å². The molecule has 0 fully saturated rings. The minimum Gasteiger partial charge on any atom is -0.395 e. The van der Waals surface area contributed by atoms with Gasteiger partial charge in [0, 0.05) is 24.2 Å². The third-order valence-electron chi connectivity index (χ3n) is 4.30. The second kappa shape index (κ2) is 10.2. The van der Waals surface area contributed by atoms with E-state index in [1.807, 2.05) is 56.3 Å². The van der Waals surface area contributed by atoms with Crippen LogP contribution in [0.25, 0.3) is 0 Å². The summed E-state index contributed by atoms with van der Waals surface area (Å²) in [6, 6.07) is 18.2. The first-order valence-corrected chi connectivity index (χ1v) is 9.59. The third-order valence-corrected chi connectivity index (χ3v) is 4.83. The molecule has 0 heterocycles. The van der Waals surface area contributed by atoms with Crippen LogP contribution in [0.2, 0.25) is 0 Å². The molecule has 2 rings (SSSR count). The van der Waals surface area contributed by atoms with Crippen molar-refractivity contribution in [2.45, 2.75) is 38.2 Å². The summed E-state index contributed by atoms with van der Waals surface area (Å²) in [6.45, 7) is 4.43. The molecule has 5 heteroatoms. The molecule has 0 bridgehead atoms. The smallest absolute Gasteiger partial charge is 0.163 e. The Hall–Kier alpha value is -1.24. The Morgan fingerprint density at radius 2 is 1.73 bits per heavy atom. The van der Waals surface area contributed by atoms with Crippen LogP contribution < -0.4 is 5.32 Å². The van der Waals surface area contributed by atoms with Gasteiger partial charge in [0.2, 0.25) is 0 Å². The van der Waals surface area contributed by atoms with E-state index in [0.29, 0.717) is 6.54 Å². The first-order chi connectivity index (χ1) is 12.4.